The first-order valence-electron chi connectivity index (χ1n) is 9.86. The van der Waals surface area contributed by atoms with Crippen LogP contribution in [-0.4, -0.2) is 29.5 Å². The molecule has 0 unspecified atom stereocenters. The van der Waals surface area contributed by atoms with Crippen LogP contribution in [0.1, 0.15) is 77.9 Å². The van der Waals surface area contributed by atoms with Gasteiger partial charge in [-0.25, -0.2) is 5.01 Å². The number of nitrogens with one attached hydrogen (secondary N) is 1. The summed E-state index contributed by atoms with van der Waals surface area (Å²) in [5, 5.41) is 1.41. The zero-order valence-electron chi connectivity index (χ0n) is 18.7. The highest BCUT2D eigenvalue weighted by Gasteiger charge is 2.31. The number of hydrogen-bond donors (Lipinski definition) is 1. The molecule has 0 radical (unpaired) electrons. The second kappa shape index (κ2) is 8.68. The number of carbonyl (C=O) groups excluding carboxylic acids is 2. The maximum absolute atomic E-state index is 13.3. The van der Waals surface area contributed by atoms with Crippen LogP contribution >= 0.6 is 0 Å². The molecule has 0 aromatic heterocycles. The van der Waals surface area contributed by atoms with Crippen LogP contribution in [-0.2, 0) is 0 Å². The summed E-state index contributed by atoms with van der Waals surface area (Å²) >= 11 is 0. The standard InChI is InChI=1S/C24H32N2O3/c1-15(2)21-19(10-9-11-20(21)29-8)22(27)25-26(24(5,6)7)23(28)18-13-16(3)12-17(4)14-18/h9-15H,1-8H3,(H,25,27). The highest BCUT2D eigenvalue weighted by molar-refractivity contribution is 6.00. The number of hydrogen-bond acceptors (Lipinski definition) is 3. The Morgan fingerprint density at radius 3 is 2.10 bits per heavy atom. The number of nitrogens with zero attached hydrogens (tertiary/aromatic N) is 1. The molecule has 2 aromatic carbocycles. The van der Waals surface area contributed by atoms with Crippen LogP contribution in [0.15, 0.2) is 36.4 Å². The largest absolute Gasteiger partial charge is 0.496 e. The van der Waals surface area contributed by atoms with Crippen LogP contribution in [0.4, 0.5) is 0 Å². The van der Waals surface area contributed by atoms with E-state index in [1.807, 2.05) is 72.7 Å². The maximum Gasteiger partial charge on any atom is 0.272 e. The van der Waals surface area contributed by atoms with E-state index in [4.69, 9.17) is 4.74 Å². The van der Waals surface area contributed by atoms with Gasteiger partial charge in [0.2, 0.25) is 0 Å². The summed E-state index contributed by atoms with van der Waals surface area (Å²) in [4.78, 5) is 26.5. The van der Waals surface area contributed by atoms with Crippen molar-refractivity contribution in [3.8, 4) is 5.75 Å². The third-order valence-corrected chi connectivity index (χ3v) is 4.66. The van der Waals surface area contributed by atoms with Crippen molar-refractivity contribution < 1.29 is 14.3 Å². The Hall–Kier alpha value is -2.82. The summed E-state index contributed by atoms with van der Waals surface area (Å²) in [6, 6.07) is 11.1. The molecule has 0 heterocycles. The van der Waals surface area contributed by atoms with Gasteiger partial charge in [-0.15, -0.1) is 0 Å². The number of rotatable bonds is 4. The van der Waals surface area contributed by atoms with Crippen molar-refractivity contribution in [3.05, 3.63) is 64.2 Å². The molecule has 5 nitrogen and oxygen atoms in total. The van der Waals surface area contributed by atoms with Crippen LogP contribution in [0.25, 0.3) is 0 Å². The Morgan fingerprint density at radius 2 is 1.62 bits per heavy atom. The number of methoxy groups -OCH3 is 1. The van der Waals surface area contributed by atoms with Crippen molar-refractivity contribution in [2.45, 2.75) is 59.9 Å². The molecule has 5 heteroatoms. The predicted octanol–water partition coefficient (Wildman–Crippen LogP) is 5.02. The van der Waals surface area contributed by atoms with Gasteiger partial charge in [0.1, 0.15) is 5.75 Å². The Morgan fingerprint density at radius 1 is 1.03 bits per heavy atom. The summed E-state index contributed by atoms with van der Waals surface area (Å²) < 4.78 is 5.45. The highest BCUT2D eigenvalue weighted by atomic mass is 16.5. The van der Waals surface area contributed by atoms with E-state index in [1.54, 1.807) is 19.2 Å². The minimum absolute atomic E-state index is 0.0881. The normalized spacial score (nSPS) is 11.3. The lowest BCUT2D eigenvalue weighted by molar-refractivity contribution is 0.0358. The molecule has 0 aliphatic heterocycles. The molecule has 29 heavy (non-hydrogen) atoms. The van der Waals surface area contributed by atoms with E-state index in [9.17, 15) is 9.59 Å². The van der Waals surface area contributed by atoms with Crippen molar-refractivity contribution in [3.63, 3.8) is 0 Å². The summed E-state index contributed by atoms with van der Waals surface area (Å²) in [5.41, 5.74) is 6.11. The predicted molar refractivity (Wildman–Crippen MR) is 116 cm³/mol. The molecule has 0 spiro atoms. The van der Waals surface area contributed by atoms with Crippen LogP contribution in [0.5, 0.6) is 5.75 Å². The fourth-order valence-corrected chi connectivity index (χ4v) is 3.43. The quantitative estimate of drug-likeness (QED) is 0.738. The minimum atomic E-state index is -0.610. The molecule has 0 fully saturated rings. The van der Waals surface area contributed by atoms with E-state index in [0.717, 1.165) is 16.7 Å². The number of hydrazine groups is 1. The van der Waals surface area contributed by atoms with Crippen LogP contribution in [0.3, 0.4) is 0 Å². The molecule has 1 N–H and O–H groups in total. The molecule has 0 aliphatic carbocycles. The van der Waals surface area contributed by atoms with Gasteiger partial charge in [-0.1, -0.05) is 37.1 Å². The first kappa shape index (κ1) is 22.5. The third-order valence-electron chi connectivity index (χ3n) is 4.66. The number of benzene rings is 2. The van der Waals surface area contributed by atoms with Gasteiger partial charge in [0, 0.05) is 16.7 Å². The van der Waals surface area contributed by atoms with Crippen LogP contribution in [0.2, 0.25) is 0 Å². The second-order valence-electron chi connectivity index (χ2n) is 8.70. The number of amides is 2. The van der Waals surface area contributed by atoms with Crippen molar-refractivity contribution >= 4 is 11.8 Å². The fraction of sp³-hybridized carbons (Fsp3) is 0.417. The van der Waals surface area contributed by atoms with E-state index in [0.29, 0.717) is 16.9 Å². The molecule has 0 saturated heterocycles. The summed E-state index contributed by atoms with van der Waals surface area (Å²) in [6.45, 7) is 13.6. The number of ether oxygens (including phenoxy) is 1. The number of aryl methyl sites for hydroxylation is 2. The zero-order valence-corrected chi connectivity index (χ0v) is 18.7. The van der Waals surface area contributed by atoms with E-state index in [1.165, 1.54) is 5.01 Å². The second-order valence-corrected chi connectivity index (χ2v) is 8.70. The van der Waals surface area contributed by atoms with Crippen LogP contribution in [0, 0.1) is 13.8 Å². The maximum atomic E-state index is 13.3. The Labute approximate surface area is 174 Å². The molecule has 156 valence electrons. The molecule has 0 aliphatic rings. The molecule has 0 atom stereocenters. The summed E-state index contributed by atoms with van der Waals surface area (Å²) in [5.74, 6) is 0.174. The zero-order chi connectivity index (χ0) is 21.9. The Kier molecular flexibility index (Phi) is 6.73. The molecular weight excluding hydrogens is 364 g/mol. The minimum Gasteiger partial charge on any atom is -0.496 e. The summed E-state index contributed by atoms with van der Waals surface area (Å²) in [7, 11) is 1.59. The lowest BCUT2D eigenvalue weighted by Crippen LogP contribution is -2.56. The van der Waals surface area contributed by atoms with E-state index >= 15 is 0 Å². The average molecular weight is 397 g/mol. The smallest absolute Gasteiger partial charge is 0.272 e. The topological polar surface area (TPSA) is 58.6 Å². The summed E-state index contributed by atoms with van der Waals surface area (Å²) in [6.07, 6.45) is 0. The monoisotopic (exact) mass is 396 g/mol. The lowest BCUT2D eigenvalue weighted by atomic mass is 9.95. The van der Waals surface area contributed by atoms with E-state index < -0.39 is 5.54 Å². The van der Waals surface area contributed by atoms with Gasteiger partial charge in [-0.05, 0) is 64.8 Å². The molecule has 0 bridgehead atoms. The van der Waals surface area contributed by atoms with Crippen molar-refractivity contribution in [1.29, 1.82) is 0 Å². The van der Waals surface area contributed by atoms with Gasteiger partial charge in [0.05, 0.1) is 12.6 Å². The van der Waals surface area contributed by atoms with Crippen molar-refractivity contribution in [2.75, 3.05) is 7.11 Å². The molecule has 2 amide bonds. The van der Waals surface area contributed by atoms with Gasteiger partial charge < -0.3 is 4.74 Å². The van der Waals surface area contributed by atoms with Crippen LogP contribution < -0.4 is 10.2 Å². The van der Waals surface area contributed by atoms with Gasteiger partial charge in [0.15, 0.2) is 0 Å². The first-order chi connectivity index (χ1) is 13.5. The lowest BCUT2D eigenvalue weighted by Gasteiger charge is -2.36. The average Bonchev–Trinajstić information content (AvgIpc) is 2.62. The van der Waals surface area contributed by atoms with Gasteiger partial charge in [-0.3, -0.25) is 15.0 Å². The van der Waals surface area contributed by atoms with Gasteiger partial charge in [-0.2, -0.15) is 0 Å². The van der Waals surface area contributed by atoms with E-state index in [2.05, 4.69) is 5.43 Å². The van der Waals surface area contributed by atoms with Crippen molar-refractivity contribution in [2.24, 2.45) is 0 Å². The molecule has 2 aromatic rings. The highest BCUT2D eigenvalue weighted by Crippen LogP contribution is 2.30. The first-order valence-corrected chi connectivity index (χ1v) is 9.86. The Balaban J connectivity index is 2.44. The Bertz CT molecular complexity index is 891. The molecule has 2 rings (SSSR count). The van der Waals surface area contributed by atoms with Crippen molar-refractivity contribution in [1.82, 2.24) is 10.4 Å². The SMILES string of the molecule is COc1cccc(C(=O)NN(C(=O)c2cc(C)cc(C)c2)C(C)(C)C)c1C(C)C. The molecular formula is C24H32N2O3. The number of carbonyl (C=O) groups is 2. The molecule has 0 saturated carbocycles. The fourth-order valence-electron chi connectivity index (χ4n) is 3.43. The third kappa shape index (κ3) is 5.17. The van der Waals surface area contributed by atoms with Gasteiger partial charge in [0.25, 0.3) is 11.8 Å². The van der Waals surface area contributed by atoms with E-state index in [-0.39, 0.29) is 17.7 Å². The van der Waals surface area contributed by atoms with Gasteiger partial charge >= 0.3 is 0 Å².